The topological polar surface area (TPSA) is 74.2 Å². The van der Waals surface area contributed by atoms with E-state index in [1.165, 1.54) is 32.1 Å². The minimum Gasteiger partial charge on any atom is -0.370 e. The first-order valence-electron chi connectivity index (χ1n) is 6.50. The van der Waals surface area contributed by atoms with Crippen LogP contribution < -0.4 is 5.73 Å². The number of nitrogens with zero attached hydrogens (tertiary/aromatic N) is 2. The van der Waals surface area contributed by atoms with Gasteiger partial charge in [0.15, 0.2) is 5.82 Å². The second-order valence-corrected chi connectivity index (χ2v) is 5.87. The van der Waals surface area contributed by atoms with E-state index in [1.54, 1.807) is 7.11 Å². The fourth-order valence-corrected chi connectivity index (χ4v) is 3.35. The van der Waals surface area contributed by atoms with Crippen molar-refractivity contribution in [3.63, 3.8) is 0 Å². The lowest BCUT2D eigenvalue weighted by molar-refractivity contribution is 0.0804. The van der Waals surface area contributed by atoms with Crippen LogP contribution in [0.4, 0.5) is 0 Å². The summed E-state index contributed by atoms with van der Waals surface area (Å²) in [5, 5.41) is 4.73. The van der Waals surface area contributed by atoms with Gasteiger partial charge in [0.2, 0.25) is 0 Å². The van der Waals surface area contributed by atoms with Crippen molar-refractivity contribution < 1.29 is 9.26 Å². The van der Waals surface area contributed by atoms with Gasteiger partial charge < -0.3 is 15.0 Å². The molecule has 0 spiro atoms. The van der Waals surface area contributed by atoms with Gasteiger partial charge in [-0.1, -0.05) is 24.4 Å². The van der Waals surface area contributed by atoms with Crippen LogP contribution >= 0.6 is 11.8 Å². The Hall–Kier alpha value is -0.590. The Morgan fingerprint density at radius 1 is 1.44 bits per heavy atom. The summed E-state index contributed by atoms with van der Waals surface area (Å²) in [6.07, 6.45) is 6.45. The number of hydrogen-bond acceptors (Lipinski definition) is 6. The van der Waals surface area contributed by atoms with E-state index >= 15 is 0 Å². The molecule has 2 N–H and O–H groups in total. The van der Waals surface area contributed by atoms with Crippen molar-refractivity contribution in [2.45, 2.75) is 49.2 Å². The van der Waals surface area contributed by atoms with Gasteiger partial charge in [-0.25, -0.2) is 0 Å². The zero-order valence-corrected chi connectivity index (χ0v) is 11.6. The number of hydrogen-bond donors (Lipinski definition) is 1. The Morgan fingerprint density at radius 3 is 2.89 bits per heavy atom. The minimum absolute atomic E-state index is 0.286. The highest BCUT2D eigenvalue weighted by Crippen LogP contribution is 2.30. The second-order valence-electron chi connectivity index (χ2n) is 4.58. The van der Waals surface area contributed by atoms with Crippen LogP contribution in [-0.4, -0.2) is 29.0 Å². The number of ether oxygens (including phenoxy) is 1. The molecule has 1 heterocycles. The van der Waals surface area contributed by atoms with Crippen LogP contribution in [0.3, 0.4) is 0 Å². The second kappa shape index (κ2) is 7.11. The summed E-state index contributed by atoms with van der Waals surface area (Å²) in [4.78, 5) is 4.33. The number of thioether (sulfide) groups is 1. The highest BCUT2D eigenvalue weighted by molar-refractivity contribution is 7.99. The summed E-state index contributed by atoms with van der Waals surface area (Å²) >= 11 is 1.93. The van der Waals surface area contributed by atoms with E-state index in [9.17, 15) is 0 Å². The molecule has 1 fully saturated rings. The Morgan fingerprint density at radius 2 is 2.22 bits per heavy atom. The van der Waals surface area contributed by atoms with Crippen LogP contribution in [0.1, 0.15) is 49.9 Å². The van der Waals surface area contributed by atoms with E-state index in [0.29, 0.717) is 12.4 Å². The number of nitrogens with two attached hydrogens (primary N) is 1. The van der Waals surface area contributed by atoms with Crippen LogP contribution in [0.5, 0.6) is 0 Å². The van der Waals surface area contributed by atoms with Gasteiger partial charge in [0.1, 0.15) is 6.10 Å². The summed E-state index contributed by atoms with van der Waals surface area (Å²) in [7, 11) is 1.60. The molecule has 1 aromatic heterocycles. The van der Waals surface area contributed by atoms with Crippen LogP contribution in [0, 0.1) is 0 Å². The molecular weight excluding hydrogens is 250 g/mol. The van der Waals surface area contributed by atoms with Gasteiger partial charge in [-0.05, 0) is 12.8 Å². The normalized spacial score (nSPS) is 19.0. The maximum Gasteiger partial charge on any atom is 0.257 e. The van der Waals surface area contributed by atoms with Crippen LogP contribution in [0.25, 0.3) is 0 Å². The highest BCUT2D eigenvalue weighted by atomic mass is 32.2. The van der Waals surface area contributed by atoms with Crippen LogP contribution in [0.15, 0.2) is 4.52 Å². The summed E-state index contributed by atoms with van der Waals surface area (Å²) in [6, 6.07) is 0. The van der Waals surface area contributed by atoms with Crippen LogP contribution in [0.2, 0.25) is 0 Å². The average molecular weight is 271 g/mol. The zero-order valence-electron chi connectivity index (χ0n) is 10.8. The molecule has 18 heavy (non-hydrogen) atoms. The van der Waals surface area contributed by atoms with Crippen molar-refractivity contribution in [2.24, 2.45) is 5.73 Å². The molecule has 0 radical (unpaired) electrons. The fraction of sp³-hybridized carbons (Fsp3) is 0.833. The maximum atomic E-state index is 5.56. The third kappa shape index (κ3) is 3.70. The molecule has 0 aliphatic heterocycles. The predicted octanol–water partition coefficient (Wildman–Crippen LogP) is 2.28. The predicted molar refractivity (Wildman–Crippen MR) is 71.3 cm³/mol. The fourth-order valence-electron chi connectivity index (χ4n) is 2.18. The van der Waals surface area contributed by atoms with Gasteiger partial charge in [0, 0.05) is 18.9 Å². The monoisotopic (exact) mass is 271 g/mol. The molecule has 1 aromatic rings. The van der Waals surface area contributed by atoms with E-state index in [0.717, 1.165) is 16.8 Å². The van der Waals surface area contributed by atoms with E-state index in [1.807, 2.05) is 11.8 Å². The first kappa shape index (κ1) is 13.8. The minimum atomic E-state index is -0.286. The van der Waals surface area contributed by atoms with E-state index in [-0.39, 0.29) is 6.10 Å². The number of aromatic nitrogens is 2. The number of methoxy groups -OCH3 is 1. The highest BCUT2D eigenvalue weighted by Gasteiger charge is 2.18. The molecule has 1 aliphatic carbocycles. The average Bonchev–Trinajstić information content (AvgIpc) is 2.88. The third-order valence-corrected chi connectivity index (χ3v) is 4.63. The Bertz CT molecular complexity index is 349. The molecule has 2 rings (SSSR count). The van der Waals surface area contributed by atoms with E-state index in [2.05, 4.69) is 10.1 Å². The summed E-state index contributed by atoms with van der Waals surface area (Å²) in [5.41, 5.74) is 5.56. The molecule has 0 aromatic carbocycles. The Balaban J connectivity index is 1.82. The lowest BCUT2D eigenvalue weighted by Crippen LogP contribution is -2.14. The van der Waals surface area contributed by atoms with E-state index in [4.69, 9.17) is 15.0 Å². The van der Waals surface area contributed by atoms with Gasteiger partial charge in [-0.15, -0.1) is 0 Å². The molecule has 1 atom stereocenters. The molecule has 6 heteroatoms. The first-order valence-corrected chi connectivity index (χ1v) is 7.55. The summed E-state index contributed by atoms with van der Waals surface area (Å²) in [5.74, 6) is 2.05. The molecule has 1 saturated carbocycles. The van der Waals surface area contributed by atoms with Gasteiger partial charge in [0.25, 0.3) is 5.89 Å². The van der Waals surface area contributed by atoms with Crippen molar-refractivity contribution in [1.82, 2.24) is 10.1 Å². The Kier molecular flexibility index (Phi) is 5.46. The smallest absolute Gasteiger partial charge is 0.257 e. The van der Waals surface area contributed by atoms with Crippen molar-refractivity contribution in [3.8, 4) is 0 Å². The molecule has 1 unspecified atom stereocenters. The molecule has 102 valence electrons. The molecule has 1 aliphatic rings. The van der Waals surface area contributed by atoms with Gasteiger partial charge in [-0.3, -0.25) is 0 Å². The molecule has 0 saturated heterocycles. The van der Waals surface area contributed by atoms with Crippen molar-refractivity contribution in [3.05, 3.63) is 11.7 Å². The SMILES string of the molecule is COC(CN)c1nc(CSC2CCCCC2)no1. The molecular formula is C12H21N3O2S. The van der Waals surface area contributed by atoms with E-state index < -0.39 is 0 Å². The Labute approximate surface area is 112 Å². The van der Waals surface area contributed by atoms with Gasteiger partial charge >= 0.3 is 0 Å². The van der Waals surface area contributed by atoms with Crippen molar-refractivity contribution >= 4 is 11.8 Å². The molecule has 0 amide bonds. The third-order valence-electron chi connectivity index (χ3n) is 3.26. The largest absolute Gasteiger partial charge is 0.370 e. The molecule has 5 nitrogen and oxygen atoms in total. The lowest BCUT2D eigenvalue weighted by atomic mass is 10.0. The molecule has 0 bridgehead atoms. The maximum absolute atomic E-state index is 5.56. The van der Waals surface area contributed by atoms with Crippen molar-refractivity contribution in [1.29, 1.82) is 0 Å². The van der Waals surface area contributed by atoms with Crippen molar-refractivity contribution in [2.75, 3.05) is 13.7 Å². The number of rotatable bonds is 6. The summed E-state index contributed by atoms with van der Waals surface area (Å²) in [6.45, 7) is 0.355. The summed E-state index contributed by atoms with van der Waals surface area (Å²) < 4.78 is 10.3. The zero-order chi connectivity index (χ0) is 12.8. The standard InChI is InChI=1S/C12H21N3O2S/c1-16-10(7-13)12-14-11(15-17-12)8-18-9-5-3-2-4-6-9/h9-10H,2-8,13H2,1H3. The lowest BCUT2D eigenvalue weighted by Gasteiger charge is -2.19. The quantitative estimate of drug-likeness (QED) is 0.855. The van der Waals surface area contributed by atoms with Crippen LogP contribution in [-0.2, 0) is 10.5 Å². The van der Waals surface area contributed by atoms with Gasteiger partial charge in [-0.2, -0.15) is 16.7 Å². The van der Waals surface area contributed by atoms with Gasteiger partial charge in [0.05, 0.1) is 5.75 Å². The first-order chi connectivity index (χ1) is 8.83.